The number of nitrogen functional groups attached to an aromatic ring is 1. The van der Waals surface area contributed by atoms with Crippen molar-refractivity contribution in [3.8, 4) is 0 Å². The van der Waals surface area contributed by atoms with E-state index in [0.717, 1.165) is 11.5 Å². The first-order valence-corrected chi connectivity index (χ1v) is 6.39. The summed E-state index contributed by atoms with van der Waals surface area (Å²) in [6.07, 6.45) is -2.70. The molecule has 2 aromatic heterocycles. The Hall–Kier alpha value is -1.39. The number of ether oxygens (including phenoxy) is 1. The average Bonchev–Trinajstić information content (AvgIpc) is 2.94. The summed E-state index contributed by atoms with van der Waals surface area (Å²) in [7, 11) is 0. The molecule has 0 saturated carbocycles. The lowest BCUT2D eigenvalue weighted by atomic mass is 10.1. The second-order valence-corrected chi connectivity index (χ2v) is 5.04. The predicted octanol–water partition coefficient (Wildman–Crippen LogP) is -1.18. The molecule has 102 valence electrons. The van der Waals surface area contributed by atoms with Crippen LogP contribution < -0.4 is 5.73 Å². The van der Waals surface area contributed by atoms with Gasteiger partial charge in [-0.1, -0.05) is 0 Å². The molecule has 0 amide bonds. The molecule has 3 rings (SSSR count). The first-order chi connectivity index (χ1) is 9.13. The van der Waals surface area contributed by atoms with Gasteiger partial charge in [-0.15, -0.1) is 0 Å². The summed E-state index contributed by atoms with van der Waals surface area (Å²) >= 11 is 1.10. The molecule has 1 saturated heterocycles. The minimum absolute atomic E-state index is 0.306. The Labute approximate surface area is 111 Å². The third-order valence-electron chi connectivity index (χ3n) is 3.12. The maximum atomic E-state index is 9.96. The van der Waals surface area contributed by atoms with Gasteiger partial charge in [-0.25, -0.2) is 9.97 Å². The Kier molecular flexibility index (Phi) is 3.07. The molecule has 8 nitrogen and oxygen atoms in total. The summed E-state index contributed by atoms with van der Waals surface area (Å²) < 4.78 is 10.2. The Bertz CT molecular complexity index is 606. The van der Waals surface area contributed by atoms with Gasteiger partial charge >= 0.3 is 0 Å². The molecule has 0 unspecified atom stereocenters. The zero-order chi connectivity index (χ0) is 13.6. The molecule has 19 heavy (non-hydrogen) atoms. The SMILES string of the molecule is Nc1ncnc2c([C@H]3O[C@H](CO)[C@H](O)[C@@H]3O)nsc12. The maximum absolute atomic E-state index is 9.96. The van der Waals surface area contributed by atoms with Gasteiger partial charge in [0, 0.05) is 0 Å². The number of hydrogen-bond donors (Lipinski definition) is 4. The van der Waals surface area contributed by atoms with Gasteiger partial charge in [0.05, 0.1) is 6.61 Å². The lowest BCUT2D eigenvalue weighted by Crippen LogP contribution is -2.32. The van der Waals surface area contributed by atoms with E-state index in [1.165, 1.54) is 6.33 Å². The Morgan fingerprint density at radius 1 is 1.32 bits per heavy atom. The minimum Gasteiger partial charge on any atom is -0.394 e. The fraction of sp³-hybridized carbons (Fsp3) is 0.500. The van der Waals surface area contributed by atoms with E-state index in [4.69, 9.17) is 15.6 Å². The van der Waals surface area contributed by atoms with Gasteiger partial charge in [-0.05, 0) is 11.5 Å². The van der Waals surface area contributed by atoms with Crippen LogP contribution in [0.3, 0.4) is 0 Å². The van der Waals surface area contributed by atoms with Crippen LogP contribution in [0.15, 0.2) is 6.33 Å². The van der Waals surface area contributed by atoms with E-state index in [-0.39, 0.29) is 6.61 Å². The van der Waals surface area contributed by atoms with Crippen molar-refractivity contribution in [2.75, 3.05) is 12.3 Å². The predicted molar refractivity (Wildman–Crippen MR) is 66.3 cm³/mol. The van der Waals surface area contributed by atoms with E-state index in [2.05, 4.69) is 14.3 Å². The van der Waals surface area contributed by atoms with Crippen LogP contribution in [0.25, 0.3) is 10.2 Å². The molecule has 1 aliphatic rings. The van der Waals surface area contributed by atoms with Crippen LogP contribution in [0, 0.1) is 0 Å². The fourth-order valence-electron chi connectivity index (χ4n) is 2.11. The average molecular weight is 284 g/mol. The molecule has 0 aromatic carbocycles. The number of anilines is 1. The fourth-order valence-corrected chi connectivity index (χ4v) is 2.88. The van der Waals surface area contributed by atoms with Gasteiger partial charge in [-0.3, -0.25) is 0 Å². The molecule has 3 heterocycles. The van der Waals surface area contributed by atoms with Crippen molar-refractivity contribution >= 4 is 27.6 Å². The zero-order valence-electron chi connectivity index (χ0n) is 9.67. The third-order valence-corrected chi connectivity index (χ3v) is 3.99. The monoisotopic (exact) mass is 284 g/mol. The standard InChI is InChI=1S/C10H12N4O4S/c11-10-9-5(12-2-13-10)4(14-19-9)8-7(17)6(16)3(1-15)18-8/h2-3,6-8,15-17H,1H2,(H2,11,12,13)/t3-,6+,7+,8-/m1/s1. The molecule has 2 aromatic rings. The number of nitrogens with two attached hydrogens (primary N) is 1. The number of hydrogen-bond acceptors (Lipinski definition) is 9. The van der Waals surface area contributed by atoms with Crippen LogP contribution in [-0.2, 0) is 4.74 Å². The Balaban J connectivity index is 2.04. The van der Waals surface area contributed by atoms with Crippen molar-refractivity contribution in [2.45, 2.75) is 24.4 Å². The van der Waals surface area contributed by atoms with E-state index < -0.39 is 24.4 Å². The minimum atomic E-state index is -1.17. The molecule has 9 heteroatoms. The lowest BCUT2D eigenvalue weighted by molar-refractivity contribution is -0.0233. The quantitative estimate of drug-likeness (QED) is 0.541. The summed E-state index contributed by atoms with van der Waals surface area (Å²) in [5, 5.41) is 28.8. The summed E-state index contributed by atoms with van der Waals surface area (Å²) in [6.45, 7) is -0.381. The van der Waals surface area contributed by atoms with Gasteiger partial charge in [0.15, 0.2) is 0 Å². The molecule has 0 spiro atoms. The smallest absolute Gasteiger partial charge is 0.146 e. The molecule has 0 radical (unpaired) electrons. The molecule has 4 atom stereocenters. The summed E-state index contributed by atoms with van der Waals surface area (Å²) in [4.78, 5) is 7.94. The molecular weight excluding hydrogens is 272 g/mol. The highest BCUT2D eigenvalue weighted by Gasteiger charge is 2.45. The van der Waals surface area contributed by atoms with Crippen molar-refractivity contribution in [3.63, 3.8) is 0 Å². The Morgan fingerprint density at radius 3 is 2.79 bits per heavy atom. The zero-order valence-corrected chi connectivity index (χ0v) is 10.5. The van der Waals surface area contributed by atoms with E-state index in [1.807, 2.05) is 0 Å². The van der Waals surface area contributed by atoms with Crippen LogP contribution in [0.1, 0.15) is 11.8 Å². The van der Waals surface area contributed by atoms with E-state index in [1.54, 1.807) is 0 Å². The first-order valence-electron chi connectivity index (χ1n) is 5.61. The molecule has 0 aliphatic carbocycles. The van der Waals surface area contributed by atoms with Crippen molar-refractivity contribution in [1.82, 2.24) is 14.3 Å². The summed E-state index contributed by atoms with van der Waals surface area (Å²) in [6, 6.07) is 0. The lowest BCUT2D eigenvalue weighted by Gasteiger charge is -2.12. The molecular formula is C10H12N4O4S. The van der Waals surface area contributed by atoms with Crippen LogP contribution >= 0.6 is 11.5 Å². The van der Waals surface area contributed by atoms with Crippen LogP contribution in [0.5, 0.6) is 0 Å². The normalized spacial score (nSPS) is 31.1. The molecule has 5 N–H and O–H groups in total. The van der Waals surface area contributed by atoms with Crippen LogP contribution in [-0.4, -0.2) is 54.6 Å². The van der Waals surface area contributed by atoms with Crippen molar-refractivity contribution in [3.05, 3.63) is 12.0 Å². The van der Waals surface area contributed by atoms with Crippen LogP contribution in [0.4, 0.5) is 5.82 Å². The van der Waals surface area contributed by atoms with E-state index >= 15 is 0 Å². The van der Waals surface area contributed by atoms with Gasteiger partial charge in [0.1, 0.15) is 52.5 Å². The second kappa shape index (κ2) is 4.62. The highest BCUT2D eigenvalue weighted by molar-refractivity contribution is 7.14. The largest absolute Gasteiger partial charge is 0.394 e. The number of aliphatic hydroxyl groups is 3. The van der Waals surface area contributed by atoms with E-state index in [9.17, 15) is 10.2 Å². The summed E-state index contributed by atoms with van der Waals surface area (Å²) in [5.41, 5.74) is 6.60. The number of nitrogens with zero attached hydrogens (tertiary/aromatic N) is 3. The number of aliphatic hydroxyl groups excluding tert-OH is 3. The van der Waals surface area contributed by atoms with Crippen molar-refractivity contribution in [2.24, 2.45) is 0 Å². The van der Waals surface area contributed by atoms with Crippen molar-refractivity contribution < 1.29 is 20.1 Å². The molecule has 1 aliphatic heterocycles. The molecule has 0 bridgehead atoms. The number of fused-ring (bicyclic) bond motifs is 1. The van der Waals surface area contributed by atoms with Crippen molar-refractivity contribution in [1.29, 1.82) is 0 Å². The first kappa shape index (κ1) is 12.6. The number of rotatable bonds is 2. The summed E-state index contributed by atoms with van der Waals surface area (Å²) in [5.74, 6) is 0.306. The maximum Gasteiger partial charge on any atom is 0.146 e. The number of aromatic nitrogens is 3. The van der Waals surface area contributed by atoms with Gasteiger partial charge in [0.2, 0.25) is 0 Å². The van der Waals surface area contributed by atoms with Crippen LogP contribution in [0.2, 0.25) is 0 Å². The second-order valence-electron chi connectivity index (χ2n) is 4.26. The topological polar surface area (TPSA) is 135 Å². The van der Waals surface area contributed by atoms with E-state index in [0.29, 0.717) is 21.7 Å². The highest BCUT2D eigenvalue weighted by atomic mass is 32.1. The van der Waals surface area contributed by atoms with Gasteiger partial charge in [-0.2, -0.15) is 4.37 Å². The van der Waals surface area contributed by atoms with Gasteiger partial charge < -0.3 is 25.8 Å². The highest BCUT2D eigenvalue weighted by Crippen LogP contribution is 2.37. The molecule has 1 fully saturated rings. The third kappa shape index (κ3) is 1.86. The van der Waals surface area contributed by atoms with Gasteiger partial charge in [0.25, 0.3) is 0 Å². The Morgan fingerprint density at radius 2 is 2.11 bits per heavy atom.